The number of para-hydroxylation sites is 1. The number of nitrogens with one attached hydrogen (secondary N) is 1. The lowest BCUT2D eigenvalue weighted by Gasteiger charge is -2.24. The number of H-pyrrole nitrogens is 1. The number of benzene rings is 2. The van der Waals surface area contributed by atoms with E-state index in [4.69, 9.17) is 11.6 Å². The minimum atomic E-state index is -0.190. The van der Waals surface area contributed by atoms with Gasteiger partial charge in [-0.3, -0.25) is 14.7 Å². The monoisotopic (exact) mass is 389 g/mol. The first-order valence-electron chi connectivity index (χ1n) is 9.08. The largest absolute Gasteiger partial charge is 0.294 e. The Kier molecular flexibility index (Phi) is 3.91. The first kappa shape index (κ1) is 17.0. The van der Waals surface area contributed by atoms with E-state index in [2.05, 4.69) is 10.1 Å². The lowest BCUT2D eigenvalue weighted by Crippen LogP contribution is -2.22. The van der Waals surface area contributed by atoms with Crippen molar-refractivity contribution in [3.63, 3.8) is 0 Å². The number of aromatic nitrogens is 3. The summed E-state index contributed by atoms with van der Waals surface area (Å²) >= 11 is 6.14. The van der Waals surface area contributed by atoms with Crippen LogP contribution in [0.2, 0.25) is 5.02 Å². The fourth-order valence-corrected chi connectivity index (χ4v) is 4.19. The first-order chi connectivity index (χ1) is 13.6. The molecule has 5 rings (SSSR count). The van der Waals surface area contributed by atoms with Crippen LogP contribution in [-0.2, 0) is 6.42 Å². The number of carbonyl (C=O) groups excluding carboxylic acids is 1. The molecular formula is C22H16ClN3O2. The van der Waals surface area contributed by atoms with Crippen molar-refractivity contribution < 1.29 is 4.79 Å². The number of hydrogen-bond donors (Lipinski definition) is 1. The van der Waals surface area contributed by atoms with E-state index in [-0.39, 0.29) is 17.3 Å². The van der Waals surface area contributed by atoms with Gasteiger partial charge < -0.3 is 0 Å². The summed E-state index contributed by atoms with van der Waals surface area (Å²) in [5, 5.41) is 4.20. The molecule has 138 valence electrons. The molecule has 1 aliphatic carbocycles. The van der Waals surface area contributed by atoms with Crippen LogP contribution in [0.15, 0.2) is 65.6 Å². The fraction of sp³-hybridized carbons (Fsp3) is 0.136. The van der Waals surface area contributed by atoms with Crippen LogP contribution in [0, 0.1) is 0 Å². The zero-order valence-electron chi connectivity index (χ0n) is 14.9. The third kappa shape index (κ3) is 2.67. The number of nitrogens with zero attached hydrogens (tertiary/aromatic N) is 2. The Morgan fingerprint density at radius 2 is 1.86 bits per heavy atom. The topological polar surface area (TPSA) is 67.8 Å². The summed E-state index contributed by atoms with van der Waals surface area (Å²) in [5.41, 5.74) is 3.35. The highest BCUT2D eigenvalue weighted by molar-refractivity contribution is 6.30. The van der Waals surface area contributed by atoms with Crippen molar-refractivity contribution in [1.82, 2.24) is 14.8 Å². The molecule has 4 aromatic rings. The molecule has 5 nitrogen and oxygen atoms in total. The van der Waals surface area contributed by atoms with Crippen molar-refractivity contribution in [1.29, 1.82) is 0 Å². The number of halogens is 1. The molecule has 0 spiro atoms. The molecule has 1 N–H and O–H groups in total. The molecule has 1 atom stereocenters. The minimum absolute atomic E-state index is 0.00693. The minimum Gasteiger partial charge on any atom is -0.294 e. The number of fused-ring (bicyclic) bond motifs is 3. The van der Waals surface area contributed by atoms with Crippen molar-refractivity contribution in [2.24, 2.45) is 0 Å². The van der Waals surface area contributed by atoms with Crippen molar-refractivity contribution in [3.8, 4) is 5.69 Å². The molecule has 0 amide bonds. The number of aromatic amines is 1. The van der Waals surface area contributed by atoms with Gasteiger partial charge in [-0.1, -0.05) is 41.9 Å². The van der Waals surface area contributed by atoms with Crippen molar-refractivity contribution in [3.05, 3.63) is 92.9 Å². The normalized spacial score (nSPS) is 16.3. The fourth-order valence-electron chi connectivity index (χ4n) is 3.99. The average Bonchev–Trinajstić information content (AvgIpc) is 3.05. The van der Waals surface area contributed by atoms with Gasteiger partial charge in [0.25, 0.3) is 5.56 Å². The maximum atomic E-state index is 13.2. The summed E-state index contributed by atoms with van der Waals surface area (Å²) in [5.74, 6) is -0.00346. The number of carbonyl (C=O) groups is 1. The third-order valence-corrected chi connectivity index (χ3v) is 5.57. The van der Waals surface area contributed by atoms with E-state index in [1.807, 2.05) is 54.6 Å². The smallest absolute Gasteiger partial charge is 0.281 e. The molecular weight excluding hydrogens is 374 g/mol. The van der Waals surface area contributed by atoms with E-state index in [9.17, 15) is 9.59 Å². The van der Waals surface area contributed by atoms with Gasteiger partial charge in [0.1, 0.15) is 0 Å². The molecule has 0 aliphatic heterocycles. The van der Waals surface area contributed by atoms with Gasteiger partial charge in [-0.15, -0.1) is 0 Å². The molecule has 0 saturated carbocycles. The van der Waals surface area contributed by atoms with Crippen molar-refractivity contribution in [2.45, 2.75) is 18.8 Å². The highest BCUT2D eigenvalue weighted by atomic mass is 35.5. The van der Waals surface area contributed by atoms with Gasteiger partial charge in [0.05, 0.1) is 11.1 Å². The maximum Gasteiger partial charge on any atom is 0.281 e. The van der Waals surface area contributed by atoms with Crippen LogP contribution < -0.4 is 5.56 Å². The van der Waals surface area contributed by atoms with Gasteiger partial charge >= 0.3 is 0 Å². The predicted octanol–water partition coefficient (Wildman–Crippen LogP) is 4.28. The quantitative estimate of drug-likeness (QED) is 0.556. The first-order valence-corrected chi connectivity index (χ1v) is 9.46. The van der Waals surface area contributed by atoms with Crippen LogP contribution >= 0.6 is 11.6 Å². The summed E-state index contributed by atoms with van der Waals surface area (Å²) in [6.45, 7) is 0. The van der Waals surface area contributed by atoms with Crippen molar-refractivity contribution >= 4 is 28.4 Å². The number of Topliss-reactive ketones (excluding diaryl/α,β-unsaturated/α-hetero) is 1. The number of rotatable bonds is 2. The number of hydrogen-bond acceptors (Lipinski definition) is 3. The van der Waals surface area contributed by atoms with Gasteiger partial charge in [0, 0.05) is 23.2 Å². The van der Waals surface area contributed by atoms with Gasteiger partial charge in [-0.2, -0.15) is 0 Å². The molecule has 1 aliphatic rings. The van der Waals surface area contributed by atoms with Gasteiger partial charge in [-0.25, -0.2) is 9.67 Å². The third-order valence-electron chi connectivity index (χ3n) is 5.34. The molecule has 2 aromatic heterocycles. The van der Waals surface area contributed by atoms with Crippen LogP contribution in [0.25, 0.3) is 16.7 Å². The lowest BCUT2D eigenvalue weighted by atomic mass is 9.79. The number of ketones is 1. The average molecular weight is 390 g/mol. The number of pyridine rings is 1. The Morgan fingerprint density at radius 1 is 1.04 bits per heavy atom. The zero-order chi connectivity index (χ0) is 19.3. The summed E-state index contributed by atoms with van der Waals surface area (Å²) in [4.78, 5) is 30.3. The second-order valence-electron chi connectivity index (χ2n) is 7.05. The molecule has 0 saturated heterocycles. The van der Waals surface area contributed by atoms with E-state index in [1.54, 1.807) is 6.20 Å². The lowest BCUT2D eigenvalue weighted by molar-refractivity contribution is 0.0964. The standard InChI is InChI=1S/C22H16ClN3O2/c23-15-6-4-5-13(9-15)14-10-17-18(19(27)11-14)12-24-21-20(17)22(28)26(25-21)16-7-2-1-3-8-16/h1-9,12,14H,10-11H2,(H,24,25). The molecule has 2 heterocycles. The van der Waals surface area contributed by atoms with E-state index >= 15 is 0 Å². The Morgan fingerprint density at radius 3 is 2.64 bits per heavy atom. The van der Waals surface area contributed by atoms with Crippen LogP contribution in [0.5, 0.6) is 0 Å². The van der Waals surface area contributed by atoms with Crippen LogP contribution in [0.3, 0.4) is 0 Å². The Hall–Kier alpha value is -3.18. The van der Waals surface area contributed by atoms with E-state index in [0.717, 1.165) is 16.8 Å². The highest BCUT2D eigenvalue weighted by Gasteiger charge is 2.30. The summed E-state index contributed by atoms with van der Waals surface area (Å²) in [6, 6.07) is 16.9. The van der Waals surface area contributed by atoms with Crippen molar-refractivity contribution in [2.75, 3.05) is 0 Å². The van der Waals surface area contributed by atoms with Gasteiger partial charge in [0.15, 0.2) is 11.4 Å². The zero-order valence-corrected chi connectivity index (χ0v) is 15.6. The Bertz CT molecular complexity index is 1270. The SMILES string of the molecule is O=C1CC(c2cccc(Cl)c2)Cc2c1cnc1[nH]n(-c3ccccc3)c(=O)c21. The molecule has 0 bridgehead atoms. The summed E-state index contributed by atoms with van der Waals surface area (Å²) < 4.78 is 1.48. The second kappa shape index (κ2) is 6.46. The summed E-state index contributed by atoms with van der Waals surface area (Å²) in [6.07, 6.45) is 2.57. The molecule has 0 fully saturated rings. The maximum absolute atomic E-state index is 13.2. The second-order valence-corrected chi connectivity index (χ2v) is 7.48. The van der Waals surface area contributed by atoms with Crippen LogP contribution in [-0.4, -0.2) is 20.5 Å². The molecule has 6 heteroatoms. The highest BCUT2D eigenvalue weighted by Crippen LogP contribution is 2.35. The van der Waals surface area contributed by atoms with Gasteiger partial charge in [-0.05, 0) is 47.7 Å². The Labute approximate surface area is 165 Å². The van der Waals surface area contributed by atoms with Gasteiger partial charge in [0.2, 0.25) is 0 Å². The van der Waals surface area contributed by atoms with Crippen LogP contribution in [0.4, 0.5) is 0 Å². The molecule has 0 radical (unpaired) electrons. The van der Waals surface area contributed by atoms with E-state index in [1.165, 1.54) is 4.68 Å². The molecule has 1 unspecified atom stereocenters. The Balaban J connectivity index is 1.68. The molecule has 2 aromatic carbocycles. The van der Waals surface area contributed by atoms with Crippen LogP contribution in [0.1, 0.15) is 33.8 Å². The van der Waals surface area contributed by atoms with E-state index < -0.39 is 0 Å². The van der Waals surface area contributed by atoms with E-state index in [0.29, 0.717) is 34.5 Å². The molecule has 28 heavy (non-hydrogen) atoms. The summed E-state index contributed by atoms with van der Waals surface area (Å²) in [7, 11) is 0. The predicted molar refractivity (Wildman–Crippen MR) is 109 cm³/mol.